The number of hydrogen-bond donors (Lipinski definition) is 2. The molecule has 2 rings (SSSR count). The summed E-state index contributed by atoms with van der Waals surface area (Å²) < 4.78 is 39.3. The Bertz CT molecular complexity index is 696. The van der Waals surface area contributed by atoms with Crippen LogP contribution in [0.2, 0.25) is 0 Å². The standard InChI is InChI=1S/C15H18F3N5O/c1-9(11-4-6-12(7-5-11)15(16,17)18)20-14(24)21-10(2)13-22-19-8-23(13)3/h4-10H,1-3H3,(H2,20,21,24)/t9-,10+/m0/s1. The van der Waals surface area contributed by atoms with Crippen LogP contribution in [0.15, 0.2) is 30.6 Å². The van der Waals surface area contributed by atoms with Gasteiger partial charge in [0.15, 0.2) is 5.82 Å². The topological polar surface area (TPSA) is 71.8 Å². The van der Waals surface area contributed by atoms with Gasteiger partial charge >= 0.3 is 12.2 Å². The summed E-state index contributed by atoms with van der Waals surface area (Å²) in [5, 5.41) is 13.0. The average Bonchev–Trinajstić information content (AvgIpc) is 2.92. The van der Waals surface area contributed by atoms with Crippen molar-refractivity contribution < 1.29 is 18.0 Å². The predicted octanol–water partition coefficient (Wildman–Crippen LogP) is 2.96. The molecule has 0 aliphatic rings. The molecule has 0 unspecified atom stereocenters. The fourth-order valence-electron chi connectivity index (χ4n) is 2.23. The summed E-state index contributed by atoms with van der Waals surface area (Å²) in [5.74, 6) is 0.590. The summed E-state index contributed by atoms with van der Waals surface area (Å²) in [6, 6.07) is 3.43. The van der Waals surface area contributed by atoms with E-state index in [2.05, 4.69) is 20.8 Å². The molecule has 0 saturated heterocycles. The van der Waals surface area contributed by atoms with Crippen LogP contribution in [0.4, 0.5) is 18.0 Å². The minimum Gasteiger partial charge on any atom is -0.332 e. The number of carbonyl (C=O) groups excluding carboxylic acids is 1. The van der Waals surface area contributed by atoms with Gasteiger partial charge < -0.3 is 15.2 Å². The molecular weight excluding hydrogens is 323 g/mol. The summed E-state index contributed by atoms with van der Waals surface area (Å²) in [5.41, 5.74) is -0.150. The molecular formula is C15H18F3N5O. The van der Waals surface area contributed by atoms with Crippen molar-refractivity contribution >= 4 is 6.03 Å². The molecule has 1 heterocycles. The molecule has 1 aromatic heterocycles. The first kappa shape index (κ1) is 17.8. The van der Waals surface area contributed by atoms with Crippen LogP contribution < -0.4 is 10.6 Å². The molecule has 0 spiro atoms. The molecule has 2 amide bonds. The van der Waals surface area contributed by atoms with Crippen molar-refractivity contribution in [1.29, 1.82) is 0 Å². The second kappa shape index (κ2) is 6.90. The largest absolute Gasteiger partial charge is 0.416 e. The molecule has 0 saturated carbocycles. The predicted molar refractivity (Wildman–Crippen MR) is 80.9 cm³/mol. The number of amides is 2. The zero-order valence-corrected chi connectivity index (χ0v) is 13.4. The molecule has 2 aromatic rings. The molecule has 0 bridgehead atoms. The maximum absolute atomic E-state index is 12.5. The summed E-state index contributed by atoms with van der Waals surface area (Å²) in [6.07, 6.45) is -2.85. The first-order chi connectivity index (χ1) is 11.2. The van der Waals surface area contributed by atoms with E-state index in [4.69, 9.17) is 0 Å². The Balaban J connectivity index is 1.95. The van der Waals surface area contributed by atoms with E-state index in [0.29, 0.717) is 11.4 Å². The molecule has 2 atom stereocenters. The summed E-state index contributed by atoms with van der Waals surface area (Å²) >= 11 is 0. The third-order valence-corrected chi connectivity index (χ3v) is 3.57. The van der Waals surface area contributed by atoms with E-state index in [0.717, 1.165) is 12.1 Å². The SMILES string of the molecule is C[C@H](NC(=O)N[C@H](C)c1nncn1C)c1ccc(C(F)(F)F)cc1. The minimum absolute atomic E-state index is 0.364. The van der Waals surface area contributed by atoms with Crippen LogP contribution in [-0.2, 0) is 13.2 Å². The number of benzene rings is 1. The zero-order chi connectivity index (χ0) is 17.9. The van der Waals surface area contributed by atoms with E-state index in [-0.39, 0.29) is 6.04 Å². The van der Waals surface area contributed by atoms with Gasteiger partial charge in [0.1, 0.15) is 6.33 Å². The molecule has 2 N–H and O–H groups in total. The quantitative estimate of drug-likeness (QED) is 0.898. The number of halogens is 3. The van der Waals surface area contributed by atoms with Crippen molar-refractivity contribution in [1.82, 2.24) is 25.4 Å². The number of rotatable bonds is 4. The summed E-state index contributed by atoms with van der Waals surface area (Å²) in [4.78, 5) is 12.0. The molecule has 0 aliphatic heterocycles. The van der Waals surface area contributed by atoms with Gasteiger partial charge in [-0.25, -0.2) is 4.79 Å². The zero-order valence-electron chi connectivity index (χ0n) is 13.4. The average molecular weight is 341 g/mol. The summed E-state index contributed by atoms with van der Waals surface area (Å²) in [7, 11) is 1.76. The maximum Gasteiger partial charge on any atom is 0.416 e. The Kier molecular flexibility index (Phi) is 5.10. The minimum atomic E-state index is -4.38. The van der Waals surface area contributed by atoms with Gasteiger partial charge in [0.25, 0.3) is 0 Å². The van der Waals surface area contributed by atoms with Crippen molar-refractivity contribution in [2.45, 2.75) is 32.1 Å². The van der Waals surface area contributed by atoms with E-state index in [1.54, 1.807) is 25.5 Å². The third kappa shape index (κ3) is 4.24. The van der Waals surface area contributed by atoms with Crippen LogP contribution in [0.25, 0.3) is 0 Å². The number of nitrogens with one attached hydrogen (secondary N) is 2. The van der Waals surface area contributed by atoms with Crippen LogP contribution in [0.1, 0.15) is 42.9 Å². The number of urea groups is 1. The molecule has 24 heavy (non-hydrogen) atoms. The number of nitrogens with zero attached hydrogens (tertiary/aromatic N) is 3. The number of carbonyl (C=O) groups is 1. The first-order valence-electron chi connectivity index (χ1n) is 7.26. The van der Waals surface area contributed by atoms with E-state index in [1.165, 1.54) is 18.5 Å². The maximum atomic E-state index is 12.5. The van der Waals surface area contributed by atoms with Gasteiger partial charge in [-0.3, -0.25) is 0 Å². The van der Waals surface area contributed by atoms with E-state index in [9.17, 15) is 18.0 Å². The van der Waals surface area contributed by atoms with Crippen molar-refractivity contribution in [3.05, 3.63) is 47.5 Å². The fourth-order valence-corrected chi connectivity index (χ4v) is 2.23. The van der Waals surface area contributed by atoms with Crippen molar-refractivity contribution in [2.75, 3.05) is 0 Å². The van der Waals surface area contributed by atoms with Crippen LogP contribution >= 0.6 is 0 Å². The molecule has 6 nitrogen and oxygen atoms in total. The van der Waals surface area contributed by atoms with Crippen molar-refractivity contribution in [3.8, 4) is 0 Å². The van der Waals surface area contributed by atoms with Crippen molar-refractivity contribution in [2.24, 2.45) is 7.05 Å². The highest BCUT2D eigenvalue weighted by Crippen LogP contribution is 2.29. The lowest BCUT2D eigenvalue weighted by atomic mass is 10.1. The molecule has 130 valence electrons. The number of hydrogen-bond acceptors (Lipinski definition) is 3. The fraction of sp³-hybridized carbons (Fsp3) is 0.400. The molecule has 1 aromatic carbocycles. The normalized spacial score (nSPS) is 14.1. The lowest BCUT2D eigenvalue weighted by Gasteiger charge is -2.18. The number of aryl methyl sites for hydroxylation is 1. The van der Waals surface area contributed by atoms with Crippen LogP contribution in [0.3, 0.4) is 0 Å². The van der Waals surface area contributed by atoms with Gasteiger partial charge in [0.2, 0.25) is 0 Å². The van der Waals surface area contributed by atoms with Gasteiger partial charge in [-0.15, -0.1) is 10.2 Å². The van der Waals surface area contributed by atoms with Gasteiger partial charge in [0, 0.05) is 7.05 Å². The highest BCUT2D eigenvalue weighted by Gasteiger charge is 2.30. The molecule has 0 radical (unpaired) electrons. The second-order valence-corrected chi connectivity index (χ2v) is 5.48. The molecule has 9 heteroatoms. The van der Waals surface area contributed by atoms with Crippen LogP contribution in [-0.4, -0.2) is 20.8 Å². The smallest absolute Gasteiger partial charge is 0.332 e. The Morgan fingerprint density at radius 2 is 1.71 bits per heavy atom. The Morgan fingerprint density at radius 1 is 1.12 bits per heavy atom. The monoisotopic (exact) mass is 341 g/mol. The van der Waals surface area contributed by atoms with E-state index in [1.807, 2.05) is 0 Å². The van der Waals surface area contributed by atoms with Gasteiger partial charge in [-0.05, 0) is 31.5 Å². The highest BCUT2D eigenvalue weighted by molar-refractivity contribution is 5.74. The third-order valence-electron chi connectivity index (χ3n) is 3.57. The number of alkyl halides is 3. The Labute approximate surface area is 137 Å². The first-order valence-corrected chi connectivity index (χ1v) is 7.26. The van der Waals surface area contributed by atoms with Crippen molar-refractivity contribution in [3.63, 3.8) is 0 Å². The number of aromatic nitrogens is 3. The molecule has 0 fully saturated rings. The van der Waals surface area contributed by atoms with Crippen LogP contribution in [0, 0.1) is 0 Å². The van der Waals surface area contributed by atoms with Crippen LogP contribution in [0.5, 0.6) is 0 Å². The summed E-state index contributed by atoms with van der Waals surface area (Å²) in [6.45, 7) is 3.45. The second-order valence-electron chi connectivity index (χ2n) is 5.48. The Hall–Kier alpha value is -2.58. The Morgan fingerprint density at radius 3 is 2.21 bits per heavy atom. The van der Waals surface area contributed by atoms with E-state index < -0.39 is 23.8 Å². The van der Waals surface area contributed by atoms with Gasteiger partial charge in [-0.2, -0.15) is 13.2 Å². The van der Waals surface area contributed by atoms with Gasteiger partial charge in [-0.1, -0.05) is 12.1 Å². The van der Waals surface area contributed by atoms with Gasteiger partial charge in [0.05, 0.1) is 17.6 Å². The van der Waals surface area contributed by atoms with E-state index >= 15 is 0 Å². The highest BCUT2D eigenvalue weighted by atomic mass is 19.4. The lowest BCUT2D eigenvalue weighted by molar-refractivity contribution is -0.137. The lowest BCUT2D eigenvalue weighted by Crippen LogP contribution is -2.39. The molecule has 0 aliphatic carbocycles.